The van der Waals surface area contributed by atoms with Crippen LogP contribution in [0.15, 0.2) is 41.8 Å². The fourth-order valence-corrected chi connectivity index (χ4v) is 2.80. The van der Waals surface area contributed by atoms with Gasteiger partial charge in [0, 0.05) is 6.07 Å². The fourth-order valence-electron chi connectivity index (χ4n) is 2.07. The maximum Gasteiger partial charge on any atom is 0.295 e. The number of rotatable bonds is 4. The van der Waals surface area contributed by atoms with Crippen LogP contribution in [0, 0.1) is 11.6 Å². The number of hydrogen-bond acceptors (Lipinski definition) is 4. The van der Waals surface area contributed by atoms with Crippen molar-refractivity contribution in [2.45, 2.75) is 0 Å². The lowest BCUT2D eigenvalue weighted by Crippen LogP contribution is -2.22. The van der Waals surface area contributed by atoms with Gasteiger partial charge in [-0.2, -0.15) is 5.10 Å². The van der Waals surface area contributed by atoms with Crippen LogP contribution in [0.2, 0.25) is 0 Å². The molecule has 1 aromatic carbocycles. The molecule has 0 unspecified atom stereocenters. The standard InChI is InChI=1S/C15H11F2N3O2S/c1-22-19-15(21)11-8-13(14-3-2-6-23-14)20(18-11)12-5-4-9(16)7-10(12)17/h2-8H,1H3,(H,19,21). The van der Waals surface area contributed by atoms with Crippen LogP contribution in [0.25, 0.3) is 16.3 Å². The minimum atomic E-state index is -0.774. The Labute approximate surface area is 134 Å². The molecular formula is C15H11F2N3O2S. The van der Waals surface area contributed by atoms with Crippen LogP contribution in [0.1, 0.15) is 10.5 Å². The second-order valence-corrected chi connectivity index (χ2v) is 5.48. The first-order valence-electron chi connectivity index (χ1n) is 6.53. The summed E-state index contributed by atoms with van der Waals surface area (Å²) in [6.45, 7) is 0. The van der Waals surface area contributed by atoms with Crippen molar-refractivity contribution >= 4 is 17.2 Å². The van der Waals surface area contributed by atoms with E-state index in [1.54, 1.807) is 0 Å². The van der Waals surface area contributed by atoms with E-state index in [0.29, 0.717) is 5.69 Å². The Balaban J connectivity index is 2.16. The average Bonchev–Trinajstić information content (AvgIpc) is 3.16. The molecule has 0 aliphatic heterocycles. The SMILES string of the molecule is CONC(=O)c1cc(-c2cccs2)n(-c2ccc(F)cc2F)n1. The molecule has 0 fully saturated rings. The summed E-state index contributed by atoms with van der Waals surface area (Å²) >= 11 is 1.41. The minimum absolute atomic E-state index is 0.0475. The Morgan fingerprint density at radius 3 is 2.78 bits per heavy atom. The lowest BCUT2D eigenvalue weighted by Gasteiger charge is -2.07. The molecule has 1 amide bonds. The molecule has 8 heteroatoms. The van der Waals surface area contributed by atoms with E-state index >= 15 is 0 Å². The van der Waals surface area contributed by atoms with Crippen LogP contribution < -0.4 is 5.48 Å². The third-order valence-corrected chi connectivity index (χ3v) is 3.94. The van der Waals surface area contributed by atoms with Gasteiger partial charge in [-0.25, -0.2) is 18.9 Å². The van der Waals surface area contributed by atoms with E-state index < -0.39 is 17.5 Å². The highest BCUT2D eigenvalue weighted by Crippen LogP contribution is 2.29. The summed E-state index contributed by atoms with van der Waals surface area (Å²) in [5.74, 6) is -2.02. The second-order valence-electron chi connectivity index (χ2n) is 4.53. The Morgan fingerprint density at radius 1 is 1.30 bits per heavy atom. The van der Waals surface area contributed by atoms with Crippen LogP contribution in [-0.2, 0) is 4.84 Å². The molecular weight excluding hydrogens is 324 g/mol. The van der Waals surface area contributed by atoms with E-state index in [2.05, 4.69) is 15.4 Å². The van der Waals surface area contributed by atoms with Gasteiger partial charge in [0.1, 0.15) is 11.5 Å². The van der Waals surface area contributed by atoms with Gasteiger partial charge in [0.15, 0.2) is 11.5 Å². The summed E-state index contributed by atoms with van der Waals surface area (Å²) < 4.78 is 28.5. The highest BCUT2D eigenvalue weighted by Gasteiger charge is 2.19. The van der Waals surface area contributed by atoms with Crippen molar-refractivity contribution in [1.82, 2.24) is 15.3 Å². The summed E-state index contributed by atoms with van der Waals surface area (Å²) in [7, 11) is 1.30. The molecule has 0 saturated carbocycles. The monoisotopic (exact) mass is 335 g/mol. The van der Waals surface area contributed by atoms with Crippen molar-refractivity contribution in [2.24, 2.45) is 0 Å². The van der Waals surface area contributed by atoms with Crippen molar-refractivity contribution in [3.05, 3.63) is 59.1 Å². The molecule has 3 rings (SSSR count). The molecule has 0 spiro atoms. The molecule has 0 saturated heterocycles. The topological polar surface area (TPSA) is 56.1 Å². The smallest absolute Gasteiger partial charge is 0.277 e. The molecule has 0 aliphatic carbocycles. The molecule has 1 N–H and O–H groups in total. The van der Waals surface area contributed by atoms with E-state index in [1.165, 1.54) is 35.3 Å². The van der Waals surface area contributed by atoms with Crippen molar-refractivity contribution < 1.29 is 18.4 Å². The molecule has 0 atom stereocenters. The van der Waals surface area contributed by atoms with Crippen LogP contribution in [0.3, 0.4) is 0 Å². The quantitative estimate of drug-likeness (QED) is 0.745. The highest BCUT2D eigenvalue weighted by atomic mass is 32.1. The van der Waals surface area contributed by atoms with E-state index in [1.807, 2.05) is 17.5 Å². The van der Waals surface area contributed by atoms with Crippen molar-refractivity contribution in [1.29, 1.82) is 0 Å². The summed E-state index contributed by atoms with van der Waals surface area (Å²) in [6, 6.07) is 8.33. The first kappa shape index (κ1) is 15.3. The van der Waals surface area contributed by atoms with Gasteiger partial charge in [-0.15, -0.1) is 11.3 Å². The van der Waals surface area contributed by atoms with E-state index in [9.17, 15) is 13.6 Å². The number of amides is 1. The molecule has 2 heterocycles. The van der Waals surface area contributed by atoms with Crippen molar-refractivity contribution in [2.75, 3.05) is 7.11 Å². The summed E-state index contributed by atoms with van der Waals surface area (Å²) in [4.78, 5) is 17.3. The lowest BCUT2D eigenvalue weighted by atomic mass is 10.2. The molecule has 0 bridgehead atoms. The number of nitrogens with one attached hydrogen (secondary N) is 1. The zero-order valence-corrected chi connectivity index (χ0v) is 12.7. The molecule has 3 aromatic rings. The number of halogens is 2. The Bertz CT molecular complexity index is 847. The molecule has 5 nitrogen and oxygen atoms in total. The number of hydrogen-bond donors (Lipinski definition) is 1. The maximum absolute atomic E-state index is 14.1. The first-order chi connectivity index (χ1) is 11.1. The number of benzene rings is 1. The second kappa shape index (κ2) is 6.27. The normalized spacial score (nSPS) is 10.7. The zero-order chi connectivity index (χ0) is 16.4. The molecule has 0 aliphatic rings. The average molecular weight is 335 g/mol. The highest BCUT2D eigenvalue weighted by molar-refractivity contribution is 7.13. The summed E-state index contributed by atoms with van der Waals surface area (Å²) in [5, 5.41) is 5.96. The van der Waals surface area contributed by atoms with Crippen LogP contribution in [0.4, 0.5) is 8.78 Å². The number of aromatic nitrogens is 2. The molecule has 2 aromatic heterocycles. The maximum atomic E-state index is 14.1. The van der Waals surface area contributed by atoms with Gasteiger partial charge in [-0.05, 0) is 29.6 Å². The summed E-state index contributed by atoms with van der Waals surface area (Å²) in [5.41, 5.74) is 2.78. The van der Waals surface area contributed by atoms with Crippen LogP contribution >= 0.6 is 11.3 Å². The van der Waals surface area contributed by atoms with Gasteiger partial charge >= 0.3 is 0 Å². The summed E-state index contributed by atoms with van der Waals surface area (Å²) in [6.07, 6.45) is 0. The molecule has 0 radical (unpaired) electrons. The van der Waals surface area contributed by atoms with Crippen LogP contribution in [0.5, 0.6) is 0 Å². The van der Waals surface area contributed by atoms with E-state index in [4.69, 9.17) is 0 Å². The van der Waals surface area contributed by atoms with Crippen molar-refractivity contribution in [3.8, 4) is 16.3 Å². The Hall–Kier alpha value is -2.58. The Kier molecular flexibility index (Phi) is 4.18. The van der Waals surface area contributed by atoms with E-state index in [-0.39, 0.29) is 11.4 Å². The molecule has 23 heavy (non-hydrogen) atoms. The number of nitrogens with zero attached hydrogens (tertiary/aromatic N) is 2. The fraction of sp³-hybridized carbons (Fsp3) is 0.0667. The lowest BCUT2D eigenvalue weighted by molar-refractivity contribution is 0.0532. The van der Waals surface area contributed by atoms with Crippen molar-refractivity contribution in [3.63, 3.8) is 0 Å². The van der Waals surface area contributed by atoms with Gasteiger partial charge < -0.3 is 0 Å². The Morgan fingerprint density at radius 2 is 2.13 bits per heavy atom. The van der Waals surface area contributed by atoms with Crippen LogP contribution in [-0.4, -0.2) is 22.8 Å². The van der Waals surface area contributed by atoms with Gasteiger partial charge in [0.2, 0.25) is 0 Å². The van der Waals surface area contributed by atoms with E-state index in [0.717, 1.165) is 17.0 Å². The third-order valence-electron chi connectivity index (χ3n) is 3.05. The first-order valence-corrected chi connectivity index (χ1v) is 7.41. The van der Waals surface area contributed by atoms with Gasteiger partial charge in [-0.3, -0.25) is 9.63 Å². The van der Waals surface area contributed by atoms with Gasteiger partial charge in [-0.1, -0.05) is 6.07 Å². The minimum Gasteiger partial charge on any atom is -0.277 e. The van der Waals surface area contributed by atoms with Gasteiger partial charge in [0.25, 0.3) is 5.91 Å². The molecule has 118 valence electrons. The zero-order valence-electron chi connectivity index (χ0n) is 11.9. The van der Waals surface area contributed by atoms with Gasteiger partial charge in [0.05, 0.1) is 17.7 Å². The number of thiophene rings is 1. The number of carbonyl (C=O) groups is 1. The largest absolute Gasteiger partial charge is 0.295 e. The third kappa shape index (κ3) is 2.99. The predicted octanol–water partition coefficient (Wildman–Crippen LogP) is 3.17. The number of hydroxylamine groups is 1. The number of carbonyl (C=O) groups excluding carboxylic acids is 1. The predicted molar refractivity (Wildman–Crippen MR) is 81.3 cm³/mol.